The number of hydrogen-bond donors (Lipinski definition) is 2. The fourth-order valence-electron chi connectivity index (χ4n) is 1.34. The second kappa shape index (κ2) is 6.21. The van der Waals surface area contributed by atoms with Crippen LogP contribution in [0.4, 0.5) is 0 Å². The van der Waals surface area contributed by atoms with E-state index in [-0.39, 0.29) is 15.5 Å². The molecular weight excluding hydrogens is 308 g/mol. The first-order valence-electron chi connectivity index (χ1n) is 5.38. The minimum Gasteiger partial charge on any atom is -0.480 e. The van der Waals surface area contributed by atoms with Crippen molar-refractivity contribution in [2.24, 2.45) is 0 Å². The van der Waals surface area contributed by atoms with Crippen LogP contribution in [0.2, 0.25) is 5.02 Å². The first-order valence-corrected chi connectivity index (χ1v) is 7.24. The van der Waals surface area contributed by atoms with E-state index < -0.39 is 28.4 Å². The predicted molar refractivity (Wildman–Crippen MR) is 72.3 cm³/mol. The van der Waals surface area contributed by atoms with Gasteiger partial charge in [0.05, 0.1) is 5.02 Å². The van der Waals surface area contributed by atoms with Crippen LogP contribution in [0.5, 0.6) is 0 Å². The minimum absolute atomic E-state index is 0.0989. The van der Waals surface area contributed by atoms with Crippen LogP contribution in [0.1, 0.15) is 10.4 Å². The second-order valence-electron chi connectivity index (χ2n) is 4.06. The molecule has 9 heteroatoms. The number of nitrogens with one attached hydrogen (secondary N) is 1. The summed E-state index contributed by atoms with van der Waals surface area (Å²) < 4.78 is 25.7. The van der Waals surface area contributed by atoms with Crippen LogP contribution in [-0.4, -0.2) is 50.9 Å². The van der Waals surface area contributed by atoms with Crippen molar-refractivity contribution in [3.05, 3.63) is 28.8 Å². The first kappa shape index (κ1) is 16.4. The smallest absolute Gasteiger partial charge is 0.318 e. The third kappa shape index (κ3) is 3.92. The maximum Gasteiger partial charge on any atom is 0.318 e. The summed E-state index contributed by atoms with van der Waals surface area (Å²) in [4.78, 5) is 23.1. The van der Waals surface area contributed by atoms with E-state index in [2.05, 4.69) is 0 Å². The van der Waals surface area contributed by atoms with Crippen molar-refractivity contribution in [3.63, 3.8) is 0 Å². The molecule has 0 saturated carbocycles. The third-order valence-electron chi connectivity index (χ3n) is 2.29. The Morgan fingerprint density at radius 1 is 1.35 bits per heavy atom. The Bertz CT molecular complexity index is 642. The van der Waals surface area contributed by atoms with E-state index in [0.717, 1.165) is 6.07 Å². The number of sulfonamides is 1. The van der Waals surface area contributed by atoms with Crippen molar-refractivity contribution in [1.82, 2.24) is 9.62 Å². The number of carboxylic acid groups (broad SMARTS) is 1. The van der Waals surface area contributed by atoms with Gasteiger partial charge in [0.1, 0.15) is 11.4 Å². The van der Waals surface area contributed by atoms with Crippen LogP contribution in [0.25, 0.3) is 0 Å². The largest absolute Gasteiger partial charge is 0.480 e. The molecule has 0 aliphatic heterocycles. The normalized spacial score (nSPS) is 11.2. The molecule has 2 N–H and O–H groups in total. The maximum absolute atomic E-state index is 11.9. The van der Waals surface area contributed by atoms with E-state index in [1.807, 2.05) is 4.72 Å². The van der Waals surface area contributed by atoms with Gasteiger partial charge >= 0.3 is 5.97 Å². The van der Waals surface area contributed by atoms with Crippen LogP contribution < -0.4 is 4.72 Å². The Morgan fingerprint density at radius 2 is 1.95 bits per heavy atom. The lowest BCUT2D eigenvalue weighted by atomic mass is 10.2. The molecule has 0 bridgehead atoms. The molecule has 0 unspecified atom stereocenters. The van der Waals surface area contributed by atoms with Gasteiger partial charge < -0.3 is 10.0 Å². The molecule has 20 heavy (non-hydrogen) atoms. The zero-order valence-corrected chi connectivity index (χ0v) is 12.3. The van der Waals surface area contributed by atoms with Crippen LogP contribution in [-0.2, 0) is 14.8 Å². The number of nitrogens with zero attached hydrogens (tertiary/aromatic N) is 1. The highest BCUT2D eigenvalue weighted by atomic mass is 35.5. The molecule has 0 saturated heterocycles. The summed E-state index contributed by atoms with van der Waals surface area (Å²) in [6, 6.07) is 3.77. The van der Waals surface area contributed by atoms with Gasteiger partial charge in [-0.1, -0.05) is 11.6 Å². The van der Waals surface area contributed by atoms with E-state index in [0.29, 0.717) is 0 Å². The average molecular weight is 321 g/mol. The van der Waals surface area contributed by atoms with Gasteiger partial charge in [-0.15, -0.1) is 0 Å². The number of carboxylic acids is 1. The van der Waals surface area contributed by atoms with Gasteiger partial charge in [0.15, 0.2) is 0 Å². The Hall–Kier alpha value is -1.64. The fraction of sp³-hybridized carbons (Fsp3) is 0.273. The Labute approximate surface area is 121 Å². The Morgan fingerprint density at radius 3 is 2.45 bits per heavy atom. The molecule has 0 fully saturated rings. The molecule has 0 atom stereocenters. The average Bonchev–Trinajstić information content (AvgIpc) is 2.36. The highest BCUT2D eigenvalue weighted by molar-refractivity contribution is 7.89. The number of carbonyl (C=O) groups excluding carboxylic acids is 1. The minimum atomic E-state index is -4.10. The van der Waals surface area contributed by atoms with Gasteiger partial charge in [0, 0.05) is 19.7 Å². The summed E-state index contributed by atoms with van der Waals surface area (Å²) in [6.07, 6.45) is 0. The van der Waals surface area contributed by atoms with Crippen molar-refractivity contribution >= 4 is 33.5 Å². The molecule has 1 aromatic carbocycles. The fourth-order valence-corrected chi connectivity index (χ4v) is 2.83. The molecule has 0 aliphatic carbocycles. The molecule has 1 amide bonds. The zero-order valence-electron chi connectivity index (χ0n) is 10.8. The van der Waals surface area contributed by atoms with E-state index in [9.17, 15) is 18.0 Å². The lowest BCUT2D eigenvalue weighted by Gasteiger charge is -2.12. The summed E-state index contributed by atoms with van der Waals surface area (Å²) in [5.41, 5.74) is 0.134. The standard InChI is InChI=1S/C11H13ClN2O5S/c1-14(2)11(17)7-3-4-8(12)9(5-7)20(18,19)13-6-10(15)16/h3-5,13H,6H2,1-2H3,(H,15,16). The molecule has 0 aromatic heterocycles. The summed E-state index contributed by atoms with van der Waals surface area (Å²) in [5.74, 6) is -1.72. The summed E-state index contributed by atoms with van der Waals surface area (Å²) in [6.45, 7) is -0.773. The SMILES string of the molecule is CN(C)C(=O)c1ccc(Cl)c(S(=O)(=O)NCC(=O)O)c1. The summed E-state index contributed by atoms with van der Waals surface area (Å²) in [5, 5.41) is 8.39. The lowest BCUT2D eigenvalue weighted by Crippen LogP contribution is -2.30. The van der Waals surface area contributed by atoms with Crippen LogP contribution >= 0.6 is 11.6 Å². The summed E-state index contributed by atoms with van der Waals surface area (Å²) >= 11 is 5.79. The molecule has 0 aliphatic rings. The van der Waals surface area contributed by atoms with Gasteiger partial charge in [0.2, 0.25) is 10.0 Å². The van der Waals surface area contributed by atoms with Crippen LogP contribution in [0.3, 0.4) is 0 Å². The van der Waals surface area contributed by atoms with Crippen molar-refractivity contribution in [2.75, 3.05) is 20.6 Å². The van der Waals surface area contributed by atoms with Gasteiger partial charge in [-0.3, -0.25) is 9.59 Å². The van der Waals surface area contributed by atoms with Crippen molar-refractivity contribution in [2.45, 2.75) is 4.90 Å². The molecule has 7 nitrogen and oxygen atoms in total. The van der Waals surface area contributed by atoms with E-state index in [1.54, 1.807) is 0 Å². The molecule has 0 heterocycles. The predicted octanol–water partition coefficient (Wildman–Crippen LogP) is 0.405. The molecular formula is C11H13ClN2O5S. The maximum atomic E-state index is 11.9. The van der Waals surface area contributed by atoms with Gasteiger partial charge in [-0.2, -0.15) is 4.72 Å². The van der Waals surface area contributed by atoms with Gasteiger partial charge in [-0.05, 0) is 18.2 Å². The van der Waals surface area contributed by atoms with Gasteiger partial charge in [0.25, 0.3) is 5.91 Å². The second-order valence-corrected chi connectivity index (χ2v) is 6.21. The van der Waals surface area contributed by atoms with Crippen LogP contribution in [0.15, 0.2) is 23.1 Å². The molecule has 0 radical (unpaired) electrons. The highest BCUT2D eigenvalue weighted by Gasteiger charge is 2.21. The number of carbonyl (C=O) groups is 2. The topological polar surface area (TPSA) is 104 Å². The van der Waals surface area contributed by atoms with Gasteiger partial charge in [-0.25, -0.2) is 8.42 Å². The quantitative estimate of drug-likeness (QED) is 0.817. The van der Waals surface area contributed by atoms with E-state index in [4.69, 9.17) is 16.7 Å². The molecule has 0 spiro atoms. The number of benzene rings is 1. The molecule has 1 aromatic rings. The van der Waals surface area contributed by atoms with E-state index >= 15 is 0 Å². The molecule has 1 rings (SSSR count). The monoisotopic (exact) mass is 320 g/mol. The number of halogens is 1. The Kier molecular flexibility index (Phi) is 5.09. The van der Waals surface area contributed by atoms with Crippen molar-refractivity contribution < 1.29 is 23.1 Å². The summed E-state index contributed by atoms with van der Waals surface area (Å²) in [7, 11) is -1.06. The molecule has 110 valence electrons. The van der Waals surface area contributed by atoms with Crippen molar-refractivity contribution in [3.8, 4) is 0 Å². The number of rotatable bonds is 5. The number of aliphatic carboxylic acids is 1. The number of amides is 1. The first-order chi connectivity index (χ1) is 9.15. The lowest BCUT2D eigenvalue weighted by molar-refractivity contribution is -0.135. The van der Waals surface area contributed by atoms with Crippen molar-refractivity contribution in [1.29, 1.82) is 0 Å². The zero-order chi connectivity index (χ0) is 15.5. The Balaban J connectivity index is 3.20. The van der Waals surface area contributed by atoms with Crippen LogP contribution in [0, 0.1) is 0 Å². The third-order valence-corrected chi connectivity index (χ3v) is 4.17. The number of hydrogen-bond acceptors (Lipinski definition) is 4. The van der Waals surface area contributed by atoms with E-state index in [1.165, 1.54) is 31.1 Å². The highest BCUT2D eigenvalue weighted by Crippen LogP contribution is 2.23.